The van der Waals surface area contributed by atoms with Crippen LogP contribution in [0, 0.1) is 5.92 Å². The number of amides is 3. The Morgan fingerprint density at radius 3 is 2.11 bits per heavy atom. The summed E-state index contributed by atoms with van der Waals surface area (Å²) in [7, 11) is 0. The van der Waals surface area contributed by atoms with E-state index in [9.17, 15) is 19.2 Å². The third-order valence-corrected chi connectivity index (χ3v) is 8.73. The quantitative estimate of drug-likeness (QED) is 0.140. The SMILES string of the molecule is CC[C@H](C)[C@@H](NC(=O)OCc1ccccc1)C(=O)N[C@@H](Cc1c[nH]c2ccccc12)C(=O)N[C@@H](Cc1ccccc1)C(=O)[C@]1(C)CO1. The van der Waals surface area contributed by atoms with Crippen LogP contribution in [0.4, 0.5) is 4.79 Å². The molecule has 10 heteroatoms. The van der Waals surface area contributed by atoms with Crippen LogP contribution in [-0.4, -0.2) is 59.0 Å². The van der Waals surface area contributed by atoms with Crippen molar-refractivity contribution in [2.45, 2.75) is 70.4 Å². The maximum Gasteiger partial charge on any atom is 0.408 e. The number of aromatic amines is 1. The number of aromatic nitrogens is 1. The first-order valence-corrected chi connectivity index (χ1v) is 16.0. The molecule has 4 N–H and O–H groups in total. The lowest BCUT2D eigenvalue weighted by Gasteiger charge is -2.27. The number of alkyl carbamates (subject to hydrolysis) is 1. The molecule has 5 rings (SSSR count). The normalized spacial score (nSPS) is 17.9. The van der Waals surface area contributed by atoms with Gasteiger partial charge < -0.3 is 30.4 Å². The van der Waals surface area contributed by atoms with E-state index in [2.05, 4.69) is 20.9 Å². The maximum atomic E-state index is 14.1. The zero-order valence-electron chi connectivity index (χ0n) is 27.0. The van der Waals surface area contributed by atoms with Crippen LogP contribution in [0.2, 0.25) is 0 Å². The number of hydrogen-bond donors (Lipinski definition) is 4. The number of ether oxygens (including phenoxy) is 2. The Morgan fingerprint density at radius 1 is 0.830 bits per heavy atom. The van der Waals surface area contributed by atoms with E-state index in [0.29, 0.717) is 6.42 Å². The molecule has 1 fully saturated rings. The molecule has 0 spiro atoms. The highest BCUT2D eigenvalue weighted by Gasteiger charge is 2.50. The molecule has 0 bridgehead atoms. The van der Waals surface area contributed by atoms with Crippen LogP contribution in [0.15, 0.2) is 91.1 Å². The molecule has 0 aliphatic carbocycles. The van der Waals surface area contributed by atoms with E-state index in [1.165, 1.54) is 0 Å². The summed E-state index contributed by atoms with van der Waals surface area (Å²) in [5.41, 5.74) is 2.44. The number of rotatable bonds is 15. The average molecular weight is 639 g/mol. The van der Waals surface area contributed by atoms with Gasteiger partial charge in [-0.3, -0.25) is 14.4 Å². The number of H-pyrrole nitrogens is 1. The highest BCUT2D eigenvalue weighted by molar-refractivity contribution is 5.99. The molecule has 0 radical (unpaired) electrons. The predicted octanol–water partition coefficient (Wildman–Crippen LogP) is 4.62. The number of fused-ring (bicyclic) bond motifs is 1. The van der Waals surface area contributed by atoms with E-state index in [-0.39, 0.29) is 37.8 Å². The highest BCUT2D eigenvalue weighted by atomic mass is 16.6. The van der Waals surface area contributed by atoms with Gasteiger partial charge in [0.15, 0.2) is 5.78 Å². The summed E-state index contributed by atoms with van der Waals surface area (Å²) >= 11 is 0. The minimum absolute atomic E-state index is 0.0482. The fourth-order valence-corrected chi connectivity index (χ4v) is 5.54. The first-order valence-electron chi connectivity index (χ1n) is 16.0. The number of Topliss-reactive ketones (excluding diaryl/α,β-unsaturated/α-hetero) is 1. The van der Waals surface area contributed by atoms with Gasteiger partial charge in [-0.25, -0.2) is 4.79 Å². The molecule has 1 saturated heterocycles. The van der Waals surface area contributed by atoms with Crippen molar-refractivity contribution in [3.63, 3.8) is 0 Å². The molecule has 1 aliphatic heterocycles. The van der Waals surface area contributed by atoms with Crippen molar-refractivity contribution in [1.29, 1.82) is 0 Å². The molecule has 1 aliphatic rings. The zero-order chi connectivity index (χ0) is 33.4. The smallest absolute Gasteiger partial charge is 0.408 e. The molecule has 3 aromatic carbocycles. The van der Waals surface area contributed by atoms with Crippen LogP contribution in [0.5, 0.6) is 0 Å². The third kappa shape index (κ3) is 8.65. The number of para-hydroxylation sites is 1. The molecule has 3 amide bonds. The van der Waals surface area contributed by atoms with Gasteiger partial charge >= 0.3 is 6.09 Å². The second-order valence-electron chi connectivity index (χ2n) is 12.3. The van der Waals surface area contributed by atoms with Gasteiger partial charge in [-0.15, -0.1) is 0 Å². The van der Waals surface area contributed by atoms with Crippen LogP contribution in [-0.2, 0) is 43.3 Å². The zero-order valence-corrected chi connectivity index (χ0v) is 27.0. The second kappa shape index (κ2) is 15.1. The lowest BCUT2D eigenvalue weighted by Crippen LogP contribution is -2.58. The average Bonchev–Trinajstić information content (AvgIpc) is 3.72. The van der Waals surface area contributed by atoms with Gasteiger partial charge in [0.2, 0.25) is 11.8 Å². The van der Waals surface area contributed by atoms with E-state index in [4.69, 9.17) is 9.47 Å². The Balaban J connectivity index is 1.37. The first-order chi connectivity index (χ1) is 22.7. The molecule has 246 valence electrons. The van der Waals surface area contributed by atoms with Crippen molar-refractivity contribution in [2.24, 2.45) is 5.92 Å². The van der Waals surface area contributed by atoms with E-state index in [0.717, 1.165) is 27.6 Å². The molecular weight excluding hydrogens is 596 g/mol. The minimum atomic E-state index is -1.06. The number of ketones is 1. The van der Waals surface area contributed by atoms with E-state index >= 15 is 0 Å². The van der Waals surface area contributed by atoms with Gasteiger partial charge in [0, 0.05) is 23.5 Å². The van der Waals surface area contributed by atoms with Crippen molar-refractivity contribution < 1.29 is 28.7 Å². The summed E-state index contributed by atoms with van der Waals surface area (Å²) in [6, 6.07) is 23.5. The lowest BCUT2D eigenvalue weighted by molar-refractivity contribution is -0.133. The van der Waals surface area contributed by atoms with Crippen LogP contribution in [0.3, 0.4) is 0 Å². The number of nitrogens with one attached hydrogen (secondary N) is 4. The third-order valence-electron chi connectivity index (χ3n) is 8.73. The topological polar surface area (TPSA) is 142 Å². The van der Waals surface area contributed by atoms with Crippen LogP contribution < -0.4 is 16.0 Å². The summed E-state index contributed by atoms with van der Waals surface area (Å²) in [5, 5.41) is 9.45. The van der Waals surface area contributed by atoms with Gasteiger partial charge in [0.05, 0.1) is 12.6 Å². The fraction of sp³-hybridized carbons (Fsp3) is 0.351. The van der Waals surface area contributed by atoms with Crippen molar-refractivity contribution >= 4 is 34.6 Å². The van der Waals surface area contributed by atoms with Crippen molar-refractivity contribution in [3.05, 3.63) is 108 Å². The maximum absolute atomic E-state index is 14.1. The Bertz CT molecular complexity index is 1680. The van der Waals surface area contributed by atoms with E-state index in [1.807, 2.05) is 105 Å². The molecule has 0 unspecified atom stereocenters. The van der Waals surface area contributed by atoms with Gasteiger partial charge in [-0.1, -0.05) is 99.1 Å². The Labute approximate surface area is 274 Å². The van der Waals surface area contributed by atoms with Crippen LogP contribution >= 0.6 is 0 Å². The monoisotopic (exact) mass is 638 g/mol. The Hall–Kier alpha value is -4.96. The summed E-state index contributed by atoms with van der Waals surface area (Å²) in [4.78, 5) is 57.6. The number of carbonyl (C=O) groups is 4. The van der Waals surface area contributed by atoms with E-state index < -0.39 is 41.6 Å². The Morgan fingerprint density at radius 2 is 1.45 bits per heavy atom. The second-order valence-corrected chi connectivity index (χ2v) is 12.3. The van der Waals surface area contributed by atoms with Crippen molar-refractivity contribution in [3.8, 4) is 0 Å². The van der Waals surface area contributed by atoms with Gasteiger partial charge in [-0.2, -0.15) is 0 Å². The standard InChI is InChI=1S/C37H42N4O6/c1-4-24(2)32(41-36(45)46-22-26-15-9-6-10-16-26)35(44)40-31(20-27-21-38-29-18-12-11-17-28(27)29)34(43)39-30(33(42)37(3)23-47-37)19-25-13-7-5-8-14-25/h5-18,21,24,30-32,38H,4,19-20,22-23H2,1-3H3,(H,39,43)(H,40,44)(H,41,45)/t24-,30-,31-,32+,37-/m0/s1. The number of benzene rings is 3. The molecule has 1 aromatic heterocycles. The fourth-order valence-electron chi connectivity index (χ4n) is 5.54. The summed E-state index contributed by atoms with van der Waals surface area (Å²) < 4.78 is 10.8. The summed E-state index contributed by atoms with van der Waals surface area (Å²) in [6.45, 7) is 5.81. The van der Waals surface area contributed by atoms with Crippen LogP contribution in [0.25, 0.3) is 10.9 Å². The molecule has 0 saturated carbocycles. The summed E-state index contributed by atoms with van der Waals surface area (Å²) in [5.74, 6) is -1.54. The highest BCUT2D eigenvalue weighted by Crippen LogP contribution is 2.29. The largest absolute Gasteiger partial charge is 0.445 e. The molecule has 47 heavy (non-hydrogen) atoms. The van der Waals surface area contributed by atoms with Crippen LogP contribution in [0.1, 0.15) is 43.9 Å². The minimum Gasteiger partial charge on any atom is -0.445 e. The van der Waals surface area contributed by atoms with Crippen molar-refractivity contribution in [2.75, 3.05) is 6.61 Å². The van der Waals surface area contributed by atoms with Gasteiger partial charge in [0.1, 0.15) is 24.3 Å². The van der Waals surface area contributed by atoms with Gasteiger partial charge in [0.25, 0.3) is 0 Å². The van der Waals surface area contributed by atoms with Crippen molar-refractivity contribution in [1.82, 2.24) is 20.9 Å². The predicted molar refractivity (Wildman–Crippen MR) is 178 cm³/mol. The Kier molecular flexibility index (Phi) is 10.7. The molecule has 4 aromatic rings. The van der Waals surface area contributed by atoms with Gasteiger partial charge in [-0.05, 0) is 42.0 Å². The molecule has 5 atom stereocenters. The number of epoxide rings is 1. The van der Waals surface area contributed by atoms with E-state index in [1.54, 1.807) is 6.92 Å². The first kappa shape index (κ1) is 33.4. The lowest BCUT2D eigenvalue weighted by atomic mass is 9.94. The molecule has 2 heterocycles. The number of carbonyl (C=O) groups excluding carboxylic acids is 4. The summed E-state index contributed by atoms with van der Waals surface area (Å²) in [6.07, 6.45) is 2.07. The number of hydrogen-bond acceptors (Lipinski definition) is 6. The molecular formula is C37H42N4O6. The molecule has 10 nitrogen and oxygen atoms in total.